The van der Waals surface area contributed by atoms with Crippen molar-refractivity contribution in [2.75, 3.05) is 0 Å². The van der Waals surface area contributed by atoms with Crippen molar-refractivity contribution >= 4 is 24.6 Å². The Hall–Kier alpha value is -0.0918. The first-order valence-corrected chi connectivity index (χ1v) is 5.49. The molecule has 43 valence electrons. The molecule has 0 N–H and O–H groups in total. The predicted molar refractivity (Wildman–Crippen MR) is 40.4 cm³/mol. The standard InChI is InChI=1S/C8H6.Sb/c1-3-8-5-4-7(2)6-8;/h3-5H,2H3;. The minimum atomic E-state index is -0.191. The third kappa shape index (κ3) is 0.772. The molecule has 0 amide bonds. The summed E-state index contributed by atoms with van der Waals surface area (Å²) in [6.45, 7) is 2.19. The van der Waals surface area contributed by atoms with Crippen molar-refractivity contribution < 1.29 is 0 Å². The molecule has 0 saturated heterocycles. The second-order valence-electron chi connectivity index (χ2n) is 2.21. The van der Waals surface area contributed by atoms with Crippen LogP contribution in [0.3, 0.4) is 0 Å². The molecule has 0 atom stereocenters. The molecule has 0 saturated carbocycles. The van der Waals surface area contributed by atoms with Crippen molar-refractivity contribution in [3.63, 3.8) is 0 Å². The zero-order valence-electron chi connectivity index (χ0n) is 5.18. The molecule has 0 nitrogen and oxygen atoms in total. The SMILES string of the molecule is CC1=CC=C2C=[C][Sb]=[C]12. The topological polar surface area (TPSA) is 0 Å². The zero-order valence-corrected chi connectivity index (χ0v) is 7.73. The summed E-state index contributed by atoms with van der Waals surface area (Å²) in [7, 11) is 0. The van der Waals surface area contributed by atoms with E-state index in [1.54, 1.807) is 3.45 Å². The normalized spacial score (nSPS) is 21.2. The van der Waals surface area contributed by atoms with E-state index in [9.17, 15) is 0 Å². The Morgan fingerprint density at radius 3 is 3.11 bits per heavy atom. The molecular weight excluding hydrogens is 218 g/mol. The van der Waals surface area contributed by atoms with Crippen molar-refractivity contribution in [3.8, 4) is 0 Å². The van der Waals surface area contributed by atoms with Crippen LogP contribution < -0.4 is 0 Å². The summed E-state index contributed by atoms with van der Waals surface area (Å²) >= 11 is -0.191. The number of allylic oxidation sites excluding steroid dienone is 5. The van der Waals surface area contributed by atoms with E-state index >= 15 is 0 Å². The Labute approximate surface area is 65.0 Å². The molecule has 9 heavy (non-hydrogen) atoms. The van der Waals surface area contributed by atoms with Gasteiger partial charge in [-0.1, -0.05) is 0 Å². The molecule has 0 bridgehead atoms. The average molecular weight is 224 g/mol. The van der Waals surface area contributed by atoms with E-state index in [0.717, 1.165) is 0 Å². The van der Waals surface area contributed by atoms with E-state index in [2.05, 4.69) is 29.2 Å². The third-order valence-electron chi connectivity index (χ3n) is 1.56. The van der Waals surface area contributed by atoms with Crippen molar-refractivity contribution in [1.29, 1.82) is 0 Å². The van der Waals surface area contributed by atoms with Crippen LogP contribution >= 0.6 is 0 Å². The van der Waals surface area contributed by atoms with Crippen molar-refractivity contribution in [1.82, 2.24) is 0 Å². The van der Waals surface area contributed by atoms with E-state index in [1.807, 2.05) is 0 Å². The molecule has 2 rings (SSSR count). The molecular formula is C8H6Sb. The Bertz CT molecular complexity index is 264. The van der Waals surface area contributed by atoms with Crippen LogP contribution in [0.1, 0.15) is 6.92 Å². The third-order valence-corrected chi connectivity index (χ3v) is 4.67. The van der Waals surface area contributed by atoms with Gasteiger partial charge in [-0.05, 0) is 0 Å². The summed E-state index contributed by atoms with van der Waals surface area (Å²) in [5.74, 6) is 0. The number of hydrogen-bond acceptors (Lipinski definition) is 0. The number of rotatable bonds is 0. The maximum atomic E-state index is 3.33. The van der Waals surface area contributed by atoms with E-state index < -0.39 is 0 Å². The van der Waals surface area contributed by atoms with Gasteiger partial charge in [0.1, 0.15) is 0 Å². The summed E-state index contributed by atoms with van der Waals surface area (Å²) in [5, 5.41) is 0. The van der Waals surface area contributed by atoms with E-state index in [0.29, 0.717) is 0 Å². The quantitative estimate of drug-likeness (QED) is 0.540. The number of fused-ring (bicyclic) bond motifs is 1. The van der Waals surface area contributed by atoms with Crippen LogP contribution in [0.15, 0.2) is 29.4 Å². The second-order valence-corrected chi connectivity index (χ2v) is 4.86. The predicted octanol–water partition coefficient (Wildman–Crippen LogP) is 1.08. The van der Waals surface area contributed by atoms with E-state index in [-0.39, 0.29) is 21.1 Å². The van der Waals surface area contributed by atoms with Crippen LogP contribution in [0.25, 0.3) is 0 Å². The Kier molecular flexibility index (Phi) is 1.23. The molecule has 0 unspecified atom stereocenters. The van der Waals surface area contributed by atoms with Crippen LogP contribution in [0, 0.1) is 4.02 Å². The van der Waals surface area contributed by atoms with Crippen LogP contribution in [0.2, 0.25) is 0 Å². The van der Waals surface area contributed by atoms with Crippen molar-refractivity contribution in [2.45, 2.75) is 6.92 Å². The summed E-state index contributed by atoms with van der Waals surface area (Å²) in [4.78, 5) is 0. The van der Waals surface area contributed by atoms with Crippen LogP contribution in [-0.2, 0) is 0 Å². The van der Waals surface area contributed by atoms with Gasteiger partial charge in [0.15, 0.2) is 0 Å². The fraction of sp³-hybridized carbons (Fsp3) is 0.125. The van der Waals surface area contributed by atoms with Gasteiger partial charge in [-0.2, -0.15) is 0 Å². The van der Waals surface area contributed by atoms with Gasteiger partial charge in [0.05, 0.1) is 0 Å². The first-order valence-electron chi connectivity index (χ1n) is 2.94. The first kappa shape index (κ1) is 5.67. The molecule has 0 fully saturated rings. The fourth-order valence-corrected chi connectivity index (χ4v) is 3.47. The molecule has 1 aliphatic heterocycles. The molecule has 0 aromatic carbocycles. The number of hydrogen-bond donors (Lipinski definition) is 0. The fourth-order valence-electron chi connectivity index (χ4n) is 1.04. The van der Waals surface area contributed by atoms with Gasteiger partial charge in [-0.25, -0.2) is 0 Å². The summed E-state index contributed by atoms with van der Waals surface area (Å²) in [6, 6.07) is 0. The molecule has 0 aromatic rings. The Morgan fingerprint density at radius 1 is 1.44 bits per heavy atom. The Balaban J connectivity index is 2.53. The minimum absolute atomic E-state index is 0.191. The monoisotopic (exact) mass is 223 g/mol. The van der Waals surface area contributed by atoms with Gasteiger partial charge in [-0.15, -0.1) is 0 Å². The van der Waals surface area contributed by atoms with Crippen LogP contribution in [-0.4, -0.2) is 24.6 Å². The second kappa shape index (κ2) is 1.95. The molecule has 1 heterocycles. The maximum absolute atomic E-state index is 3.33. The zero-order chi connectivity index (χ0) is 6.27. The van der Waals surface area contributed by atoms with Gasteiger partial charge < -0.3 is 0 Å². The van der Waals surface area contributed by atoms with E-state index in [1.165, 1.54) is 11.1 Å². The summed E-state index contributed by atoms with van der Waals surface area (Å²) < 4.78 is 4.95. The van der Waals surface area contributed by atoms with Crippen LogP contribution in [0.4, 0.5) is 0 Å². The van der Waals surface area contributed by atoms with Crippen LogP contribution in [0.5, 0.6) is 0 Å². The van der Waals surface area contributed by atoms with E-state index in [4.69, 9.17) is 0 Å². The van der Waals surface area contributed by atoms with Gasteiger partial charge in [-0.3, -0.25) is 0 Å². The molecule has 1 heteroatoms. The molecule has 0 aromatic heterocycles. The Morgan fingerprint density at radius 2 is 2.33 bits per heavy atom. The van der Waals surface area contributed by atoms with Gasteiger partial charge in [0.2, 0.25) is 0 Å². The first-order chi connectivity index (χ1) is 4.38. The summed E-state index contributed by atoms with van der Waals surface area (Å²) in [6.07, 6.45) is 6.54. The van der Waals surface area contributed by atoms with Crippen molar-refractivity contribution in [2.24, 2.45) is 0 Å². The molecule has 2 aliphatic rings. The summed E-state index contributed by atoms with van der Waals surface area (Å²) in [5.41, 5.74) is 2.91. The van der Waals surface area contributed by atoms with Gasteiger partial charge >= 0.3 is 64.9 Å². The molecule has 1 aliphatic carbocycles. The average Bonchev–Trinajstić information content (AvgIpc) is 2.35. The molecule has 1 radical (unpaired) electrons. The molecule has 0 spiro atoms. The van der Waals surface area contributed by atoms with Gasteiger partial charge in [0, 0.05) is 0 Å². The van der Waals surface area contributed by atoms with Gasteiger partial charge in [0.25, 0.3) is 0 Å². The van der Waals surface area contributed by atoms with Crippen molar-refractivity contribution in [3.05, 3.63) is 33.4 Å².